The van der Waals surface area contributed by atoms with E-state index in [1.165, 1.54) is 18.9 Å². The molecule has 0 saturated heterocycles. The lowest BCUT2D eigenvalue weighted by molar-refractivity contribution is -0.146. The van der Waals surface area contributed by atoms with E-state index in [0.29, 0.717) is 5.16 Å². The Morgan fingerprint density at radius 3 is 2.54 bits per heavy atom. The van der Waals surface area contributed by atoms with E-state index in [4.69, 9.17) is 4.74 Å². The third kappa shape index (κ3) is 5.19. The topological polar surface area (TPSA) is 99.0 Å². The Hall–Kier alpha value is -1.64. The van der Waals surface area contributed by atoms with Gasteiger partial charge in [0, 0.05) is 5.54 Å². The van der Waals surface area contributed by atoms with Crippen molar-refractivity contribution < 1.29 is 14.3 Å². The van der Waals surface area contributed by atoms with Gasteiger partial charge in [0.05, 0.1) is 24.8 Å². The standard InChI is InChI=1S/C15H25N5O3S/c1-15(2,3)16-12(21)9-24-14-17-18-19-20(14)11-7-5-10(6-8-11)13(22)23-4/h10-11H,5-9H2,1-4H3,(H,16,21). The summed E-state index contributed by atoms with van der Waals surface area (Å²) in [6.45, 7) is 5.83. The van der Waals surface area contributed by atoms with Crippen molar-refractivity contribution in [2.24, 2.45) is 5.92 Å². The molecule has 1 saturated carbocycles. The molecule has 0 bridgehead atoms. The molecule has 2 rings (SSSR count). The van der Waals surface area contributed by atoms with Crippen LogP contribution in [0.15, 0.2) is 5.16 Å². The van der Waals surface area contributed by atoms with E-state index >= 15 is 0 Å². The third-order valence-corrected chi connectivity index (χ3v) is 4.82. The van der Waals surface area contributed by atoms with Gasteiger partial charge in [-0.3, -0.25) is 9.59 Å². The van der Waals surface area contributed by atoms with E-state index < -0.39 is 0 Å². The molecule has 9 heteroatoms. The minimum absolute atomic E-state index is 0.0311. The third-order valence-electron chi connectivity index (χ3n) is 3.89. The SMILES string of the molecule is COC(=O)C1CCC(n2nnnc2SCC(=O)NC(C)(C)C)CC1. The molecule has 134 valence electrons. The summed E-state index contributed by atoms with van der Waals surface area (Å²) in [4.78, 5) is 23.5. The molecule has 1 aromatic heterocycles. The molecule has 24 heavy (non-hydrogen) atoms. The van der Waals surface area contributed by atoms with Crippen LogP contribution in [0, 0.1) is 5.92 Å². The number of thioether (sulfide) groups is 1. The molecular formula is C15H25N5O3S. The van der Waals surface area contributed by atoms with E-state index in [1.54, 1.807) is 4.68 Å². The molecule has 1 aliphatic carbocycles. The first kappa shape index (κ1) is 18.7. The first-order valence-electron chi connectivity index (χ1n) is 8.09. The van der Waals surface area contributed by atoms with Crippen LogP contribution in [0.2, 0.25) is 0 Å². The molecular weight excluding hydrogens is 330 g/mol. The second kappa shape index (κ2) is 7.96. The van der Waals surface area contributed by atoms with Crippen molar-refractivity contribution in [2.75, 3.05) is 12.9 Å². The second-order valence-corrected chi connectivity index (χ2v) is 7.96. The van der Waals surface area contributed by atoms with Gasteiger partial charge in [0.25, 0.3) is 0 Å². The Labute approximate surface area is 146 Å². The molecule has 0 spiro atoms. The zero-order valence-corrected chi connectivity index (χ0v) is 15.4. The fourth-order valence-electron chi connectivity index (χ4n) is 2.82. The zero-order chi connectivity index (χ0) is 17.7. The van der Waals surface area contributed by atoms with Gasteiger partial charge in [-0.25, -0.2) is 4.68 Å². The molecule has 1 heterocycles. The van der Waals surface area contributed by atoms with Crippen LogP contribution < -0.4 is 5.32 Å². The Morgan fingerprint density at radius 1 is 1.29 bits per heavy atom. The van der Waals surface area contributed by atoms with E-state index in [9.17, 15) is 9.59 Å². The van der Waals surface area contributed by atoms with Crippen LogP contribution in [0.25, 0.3) is 0 Å². The van der Waals surface area contributed by atoms with Crippen molar-refractivity contribution >= 4 is 23.6 Å². The summed E-state index contributed by atoms with van der Waals surface area (Å²) in [7, 11) is 1.42. The summed E-state index contributed by atoms with van der Waals surface area (Å²) < 4.78 is 6.59. The summed E-state index contributed by atoms with van der Waals surface area (Å²) in [5.74, 6) is 0.0567. The molecule has 0 aliphatic heterocycles. The van der Waals surface area contributed by atoms with Crippen molar-refractivity contribution in [3.05, 3.63) is 0 Å². The lowest BCUT2D eigenvalue weighted by atomic mass is 9.86. The molecule has 0 atom stereocenters. The number of tetrazole rings is 1. The van der Waals surface area contributed by atoms with E-state index in [1.807, 2.05) is 20.8 Å². The van der Waals surface area contributed by atoms with Crippen LogP contribution in [0.4, 0.5) is 0 Å². The van der Waals surface area contributed by atoms with Gasteiger partial charge in [-0.1, -0.05) is 11.8 Å². The Bertz CT molecular complexity index is 576. The summed E-state index contributed by atoms with van der Waals surface area (Å²) >= 11 is 1.33. The molecule has 1 amide bonds. The molecule has 1 fully saturated rings. The van der Waals surface area contributed by atoms with E-state index in [2.05, 4.69) is 20.8 Å². The average molecular weight is 355 g/mol. The van der Waals surface area contributed by atoms with Crippen molar-refractivity contribution in [1.29, 1.82) is 0 Å². The van der Waals surface area contributed by atoms with Gasteiger partial charge in [-0.05, 0) is 56.9 Å². The van der Waals surface area contributed by atoms with Crippen molar-refractivity contribution in [3.63, 3.8) is 0 Å². The number of hydrogen-bond acceptors (Lipinski definition) is 7. The minimum atomic E-state index is -0.254. The molecule has 1 N–H and O–H groups in total. The number of esters is 1. The average Bonchev–Trinajstić information content (AvgIpc) is 2.99. The second-order valence-electron chi connectivity index (χ2n) is 7.02. The predicted octanol–water partition coefficient (Wildman–Crippen LogP) is 1.58. The Kier molecular flexibility index (Phi) is 6.20. The molecule has 0 aromatic carbocycles. The number of carbonyl (C=O) groups is 2. The highest BCUT2D eigenvalue weighted by molar-refractivity contribution is 7.99. The molecule has 1 aromatic rings. The van der Waals surface area contributed by atoms with Crippen LogP contribution in [0.1, 0.15) is 52.5 Å². The van der Waals surface area contributed by atoms with Crippen LogP contribution in [0.3, 0.4) is 0 Å². The summed E-state index contributed by atoms with van der Waals surface area (Å²) in [5.41, 5.74) is -0.254. The van der Waals surface area contributed by atoms with Gasteiger partial charge in [-0.15, -0.1) is 5.10 Å². The molecule has 1 aliphatic rings. The van der Waals surface area contributed by atoms with Gasteiger partial charge < -0.3 is 10.1 Å². The number of ether oxygens (including phenoxy) is 1. The fraction of sp³-hybridized carbons (Fsp3) is 0.800. The monoisotopic (exact) mass is 355 g/mol. The number of methoxy groups -OCH3 is 1. The van der Waals surface area contributed by atoms with Crippen LogP contribution in [-0.2, 0) is 14.3 Å². The summed E-state index contributed by atoms with van der Waals surface area (Å²) in [5, 5.41) is 15.4. The van der Waals surface area contributed by atoms with Crippen molar-refractivity contribution in [2.45, 2.75) is 63.2 Å². The first-order valence-corrected chi connectivity index (χ1v) is 9.08. The number of aromatic nitrogens is 4. The van der Waals surface area contributed by atoms with E-state index in [0.717, 1.165) is 25.7 Å². The maximum Gasteiger partial charge on any atom is 0.308 e. The fourth-order valence-corrected chi connectivity index (χ4v) is 3.56. The highest BCUT2D eigenvalue weighted by Gasteiger charge is 2.29. The molecule has 0 radical (unpaired) electrons. The van der Waals surface area contributed by atoms with Crippen molar-refractivity contribution in [1.82, 2.24) is 25.5 Å². The Morgan fingerprint density at radius 2 is 1.96 bits per heavy atom. The highest BCUT2D eigenvalue weighted by Crippen LogP contribution is 2.34. The summed E-state index contributed by atoms with van der Waals surface area (Å²) in [6, 6.07) is 0.161. The maximum absolute atomic E-state index is 11.9. The Balaban J connectivity index is 1.89. The lowest BCUT2D eigenvalue weighted by Crippen LogP contribution is -2.41. The minimum Gasteiger partial charge on any atom is -0.469 e. The van der Waals surface area contributed by atoms with Gasteiger partial charge in [0.1, 0.15) is 0 Å². The summed E-state index contributed by atoms with van der Waals surface area (Å²) in [6.07, 6.45) is 3.19. The highest BCUT2D eigenvalue weighted by atomic mass is 32.2. The lowest BCUT2D eigenvalue weighted by Gasteiger charge is -2.27. The smallest absolute Gasteiger partial charge is 0.308 e. The van der Waals surface area contributed by atoms with Crippen LogP contribution in [0.5, 0.6) is 0 Å². The largest absolute Gasteiger partial charge is 0.469 e. The van der Waals surface area contributed by atoms with Gasteiger partial charge in [0.15, 0.2) is 0 Å². The quantitative estimate of drug-likeness (QED) is 0.632. The number of nitrogens with zero attached hydrogens (tertiary/aromatic N) is 4. The van der Waals surface area contributed by atoms with E-state index in [-0.39, 0.29) is 35.1 Å². The number of nitrogens with one attached hydrogen (secondary N) is 1. The number of rotatable bonds is 5. The normalized spacial score (nSPS) is 21.3. The van der Waals surface area contributed by atoms with Gasteiger partial charge >= 0.3 is 5.97 Å². The van der Waals surface area contributed by atoms with Gasteiger partial charge in [0.2, 0.25) is 11.1 Å². The molecule has 8 nitrogen and oxygen atoms in total. The van der Waals surface area contributed by atoms with Crippen LogP contribution in [-0.4, -0.2) is 50.5 Å². The van der Waals surface area contributed by atoms with Crippen molar-refractivity contribution in [3.8, 4) is 0 Å². The van der Waals surface area contributed by atoms with Gasteiger partial charge in [-0.2, -0.15) is 0 Å². The number of hydrogen-bond donors (Lipinski definition) is 1. The zero-order valence-electron chi connectivity index (χ0n) is 14.6. The predicted molar refractivity (Wildman–Crippen MR) is 89.4 cm³/mol. The maximum atomic E-state index is 11.9. The molecule has 0 unspecified atom stereocenters. The number of amides is 1. The number of carbonyl (C=O) groups excluding carboxylic acids is 2. The first-order chi connectivity index (χ1) is 11.3. The van der Waals surface area contributed by atoms with Crippen LogP contribution >= 0.6 is 11.8 Å².